The number of nitrogens with zero attached hydrogens (tertiary/aromatic N) is 2. The quantitative estimate of drug-likeness (QED) is 0.214. The van der Waals surface area contributed by atoms with Gasteiger partial charge in [0.2, 0.25) is 0 Å². The average Bonchev–Trinajstić information content (AvgIpc) is 2.70. The van der Waals surface area contributed by atoms with Crippen molar-refractivity contribution in [2.45, 2.75) is 6.92 Å². The van der Waals surface area contributed by atoms with E-state index >= 15 is 0 Å². The van der Waals surface area contributed by atoms with Gasteiger partial charge in [0.15, 0.2) is 12.7 Å². The van der Waals surface area contributed by atoms with Gasteiger partial charge in [0.1, 0.15) is 0 Å². The van der Waals surface area contributed by atoms with E-state index in [9.17, 15) is 0 Å². The van der Waals surface area contributed by atoms with Gasteiger partial charge in [-0.25, -0.2) is 12.1 Å². The molecule has 3 aromatic carbocycles. The second-order valence-electron chi connectivity index (χ2n) is 6.13. The van der Waals surface area contributed by atoms with Crippen molar-refractivity contribution in [3.05, 3.63) is 104 Å². The van der Waals surface area contributed by atoms with Gasteiger partial charge in [0, 0.05) is 41.1 Å². The van der Waals surface area contributed by atoms with Gasteiger partial charge in [-0.3, -0.25) is 23.3 Å². The third kappa shape index (κ3) is 6.50. The fourth-order valence-electron chi connectivity index (χ4n) is 2.95. The molecule has 0 saturated carbocycles. The molecule has 5 heteroatoms. The maximum Gasteiger partial charge on any atom is 3.00 e. The maximum absolute atomic E-state index is 4.33. The summed E-state index contributed by atoms with van der Waals surface area (Å²) >= 11 is 0. The van der Waals surface area contributed by atoms with Crippen molar-refractivity contribution in [3.63, 3.8) is 0 Å². The van der Waals surface area contributed by atoms with Crippen LogP contribution in [-0.2, 0) is 72.5 Å². The predicted octanol–water partition coefficient (Wildman–Crippen LogP) is 4.48. The first-order chi connectivity index (χ1) is 12.7. The minimum absolute atomic E-state index is 0. The Kier molecular flexibility index (Phi) is 13.0. The SMILES string of the molecule is Cc1ccc(-c2[c-]ccc(-c3[c-]cccc3)[c-]2)[c-]c1-c1cccn[n+]1C.[B].[CH3-].[Y+3].[Y]. The summed E-state index contributed by atoms with van der Waals surface area (Å²) in [7, 11) is 1.94. The van der Waals surface area contributed by atoms with Gasteiger partial charge >= 0.3 is 32.7 Å². The molecule has 0 fully saturated rings. The third-order valence-corrected chi connectivity index (χ3v) is 4.34. The normalized spacial score (nSPS) is 9.27. The molecule has 0 unspecified atom stereocenters. The van der Waals surface area contributed by atoms with Crippen LogP contribution in [0.1, 0.15) is 5.56 Å². The minimum Gasteiger partial charge on any atom is -0.367 e. The van der Waals surface area contributed by atoms with E-state index in [4.69, 9.17) is 0 Å². The van der Waals surface area contributed by atoms with Crippen LogP contribution in [-0.4, -0.2) is 13.5 Å². The number of aryl methyl sites for hydroxylation is 2. The number of rotatable bonds is 3. The van der Waals surface area contributed by atoms with Crippen LogP contribution in [0.5, 0.6) is 0 Å². The van der Waals surface area contributed by atoms with Crippen LogP contribution in [0.4, 0.5) is 0 Å². The van der Waals surface area contributed by atoms with Gasteiger partial charge in [-0.15, -0.1) is 46.6 Å². The van der Waals surface area contributed by atoms with Gasteiger partial charge in [-0.05, 0) is 17.2 Å². The Bertz CT molecular complexity index is 1070. The largest absolute Gasteiger partial charge is 3.00 e. The van der Waals surface area contributed by atoms with Crippen LogP contribution in [0.2, 0.25) is 0 Å². The molecule has 2 nitrogen and oxygen atoms in total. The number of benzene rings is 3. The molecule has 0 amide bonds. The fraction of sp³-hybridized carbons (Fsp3) is 0.0800. The number of hydrogen-bond donors (Lipinski definition) is 0. The van der Waals surface area contributed by atoms with Gasteiger partial charge in [-0.2, -0.15) is 5.56 Å². The molecule has 0 atom stereocenters. The molecule has 0 aliphatic rings. The maximum atomic E-state index is 4.33. The molecule has 1 heterocycles. The second kappa shape index (κ2) is 13.4. The van der Waals surface area contributed by atoms with Gasteiger partial charge in [-0.1, -0.05) is 12.5 Å². The van der Waals surface area contributed by atoms with E-state index in [2.05, 4.69) is 54.5 Å². The van der Waals surface area contributed by atoms with Crippen molar-refractivity contribution in [1.82, 2.24) is 5.10 Å². The molecule has 0 bridgehead atoms. The molecular formula is C25H20BN2Y2-. The van der Waals surface area contributed by atoms with Crippen molar-refractivity contribution in [3.8, 4) is 33.5 Å². The summed E-state index contributed by atoms with van der Waals surface area (Å²) in [6, 6.07) is 33.5. The number of hydrogen-bond acceptors (Lipinski definition) is 1. The average molecular weight is 537 g/mol. The van der Waals surface area contributed by atoms with Crippen molar-refractivity contribution in [1.29, 1.82) is 0 Å². The molecular weight excluding hydrogens is 517 g/mol. The Morgan fingerprint density at radius 2 is 1.63 bits per heavy atom. The monoisotopic (exact) mass is 537 g/mol. The molecule has 30 heavy (non-hydrogen) atoms. The van der Waals surface area contributed by atoms with E-state index in [1.807, 2.05) is 54.2 Å². The molecule has 1 aromatic heterocycles. The summed E-state index contributed by atoms with van der Waals surface area (Å²) in [5, 5.41) is 4.33. The zero-order valence-corrected chi connectivity index (χ0v) is 23.2. The molecule has 0 spiro atoms. The van der Waals surface area contributed by atoms with Crippen molar-refractivity contribution in [2.24, 2.45) is 7.05 Å². The zero-order chi connectivity index (χ0) is 17.9. The van der Waals surface area contributed by atoms with Crippen LogP contribution in [0, 0.1) is 38.6 Å². The molecule has 4 aromatic rings. The third-order valence-electron chi connectivity index (χ3n) is 4.34. The second-order valence-corrected chi connectivity index (χ2v) is 6.13. The summed E-state index contributed by atoms with van der Waals surface area (Å²) < 4.78 is 1.87. The van der Waals surface area contributed by atoms with Crippen LogP contribution in [0.25, 0.3) is 33.5 Å². The van der Waals surface area contributed by atoms with E-state index in [1.165, 1.54) is 0 Å². The first kappa shape index (κ1) is 29.0. The Labute approximate surface area is 232 Å². The molecule has 0 N–H and O–H groups in total. The summed E-state index contributed by atoms with van der Waals surface area (Å²) in [6.07, 6.45) is 1.78. The first-order valence-corrected chi connectivity index (χ1v) is 8.48. The zero-order valence-electron chi connectivity index (χ0n) is 17.5. The van der Waals surface area contributed by atoms with E-state index in [-0.39, 0.29) is 81.3 Å². The summed E-state index contributed by atoms with van der Waals surface area (Å²) in [4.78, 5) is 0. The van der Waals surface area contributed by atoms with Gasteiger partial charge < -0.3 is 25.1 Å². The van der Waals surface area contributed by atoms with Crippen LogP contribution >= 0.6 is 0 Å². The summed E-state index contributed by atoms with van der Waals surface area (Å²) in [5.41, 5.74) is 7.11. The summed E-state index contributed by atoms with van der Waals surface area (Å²) in [5.74, 6) is 0. The Morgan fingerprint density at radius 3 is 2.33 bits per heavy atom. The van der Waals surface area contributed by atoms with E-state index in [0.717, 1.165) is 39.1 Å². The molecule has 0 saturated heterocycles. The minimum atomic E-state index is 0. The fourth-order valence-corrected chi connectivity index (χ4v) is 2.95. The van der Waals surface area contributed by atoms with E-state index < -0.39 is 0 Å². The van der Waals surface area contributed by atoms with Gasteiger partial charge in [0.05, 0.1) is 6.20 Å². The summed E-state index contributed by atoms with van der Waals surface area (Å²) in [6.45, 7) is 2.09. The smallest absolute Gasteiger partial charge is 0.367 e. The Balaban J connectivity index is 0.00000210. The predicted molar refractivity (Wildman–Crippen MR) is 114 cm³/mol. The Morgan fingerprint density at radius 1 is 0.833 bits per heavy atom. The van der Waals surface area contributed by atoms with Crippen molar-refractivity contribution >= 4 is 8.41 Å². The van der Waals surface area contributed by atoms with Crippen molar-refractivity contribution in [2.75, 3.05) is 0 Å². The van der Waals surface area contributed by atoms with Crippen LogP contribution in [0.3, 0.4) is 0 Å². The van der Waals surface area contributed by atoms with E-state index in [0.29, 0.717) is 0 Å². The number of aromatic nitrogens is 2. The topological polar surface area (TPSA) is 16.8 Å². The van der Waals surface area contributed by atoms with E-state index in [1.54, 1.807) is 6.20 Å². The first-order valence-electron chi connectivity index (χ1n) is 8.48. The molecule has 0 aliphatic carbocycles. The Hall–Kier alpha value is -0.987. The molecule has 0 aliphatic heterocycles. The van der Waals surface area contributed by atoms with Crippen LogP contribution in [0.15, 0.2) is 66.9 Å². The van der Waals surface area contributed by atoms with Crippen LogP contribution < -0.4 is 4.68 Å². The molecule has 4 rings (SSSR count). The molecule has 140 valence electrons. The standard InChI is InChI=1S/C24H17N2.CH3.B.2Y/c1-18-13-14-22(17-23(18)24-12-7-15-25-26(24)2)21-11-6-10-20(16-21)19-8-4-3-5-9-19;;;;/h3-8,10,12-15H,1-2H3;1H3;;;/q-3;-1;;;+3. The van der Waals surface area contributed by atoms with Gasteiger partial charge in [0.25, 0.3) is 0 Å². The molecule has 4 radical (unpaired) electrons. The van der Waals surface area contributed by atoms with Crippen molar-refractivity contribution < 1.29 is 70.1 Å².